The van der Waals surface area contributed by atoms with Gasteiger partial charge in [-0.2, -0.15) is 0 Å². The Labute approximate surface area is 89.5 Å². The van der Waals surface area contributed by atoms with Crippen molar-refractivity contribution in [2.75, 3.05) is 26.2 Å². The van der Waals surface area contributed by atoms with Crippen LogP contribution in [0.2, 0.25) is 0 Å². The van der Waals surface area contributed by atoms with Crippen LogP contribution >= 0.6 is 0 Å². The van der Waals surface area contributed by atoms with Crippen molar-refractivity contribution >= 4 is 0 Å². The second-order valence-corrected chi connectivity index (χ2v) is 4.38. The van der Waals surface area contributed by atoms with Crippen LogP contribution in [0.5, 0.6) is 0 Å². The van der Waals surface area contributed by atoms with E-state index in [1.165, 1.54) is 0 Å². The molecule has 1 N–H and O–H groups in total. The molecule has 2 nitrogen and oxygen atoms in total. The van der Waals surface area contributed by atoms with Gasteiger partial charge in [0.15, 0.2) is 0 Å². The summed E-state index contributed by atoms with van der Waals surface area (Å²) in [5, 5.41) is 10.3. The first-order valence-corrected chi connectivity index (χ1v) is 6.08. The van der Waals surface area contributed by atoms with Gasteiger partial charge in [-0.1, -0.05) is 13.8 Å². The zero-order valence-electron chi connectivity index (χ0n) is 10.6. The van der Waals surface area contributed by atoms with Gasteiger partial charge in [-0.25, -0.2) is 0 Å². The Morgan fingerprint density at radius 2 is 1.21 bits per heavy atom. The third-order valence-corrected chi connectivity index (χ3v) is 3.96. The summed E-state index contributed by atoms with van der Waals surface area (Å²) < 4.78 is 1.04. The van der Waals surface area contributed by atoms with Crippen molar-refractivity contribution in [1.82, 2.24) is 0 Å². The highest BCUT2D eigenvalue weighted by atomic mass is 16.3. The van der Waals surface area contributed by atoms with Gasteiger partial charge in [0.2, 0.25) is 0 Å². The van der Waals surface area contributed by atoms with Gasteiger partial charge in [0.1, 0.15) is 12.1 Å². The third-order valence-electron chi connectivity index (χ3n) is 3.96. The van der Waals surface area contributed by atoms with Gasteiger partial charge in [-0.05, 0) is 33.6 Å². The maximum Gasteiger partial charge on any atom is 0.113 e. The number of hydrogen-bond acceptors (Lipinski definition) is 1. The minimum absolute atomic E-state index is 0.456. The molecule has 0 aliphatic carbocycles. The average molecular weight is 202 g/mol. The molecule has 2 heteroatoms. The van der Waals surface area contributed by atoms with Crippen molar-refractivity contribution in [2.24, 2.45) is 0 Å². The molecule has 0 aromatic rings. The van der Waals surface area contributed by atoms with E-state index < -0.39 is 5.60 Å². The molecule has 0 atom stereocenters. The minimum atomic E-state index is -0.456. The van der Waals surface area contributed by atoms with Crippen molar-refractivity contribution in [1.29, 1.82) is 0 Å². The quantitative estimate of drug-likeness (QED) is 0.629. The van der Waals surface area contributed by atoms with Crippen LogP contribution in [0.15, 0.2) is 0 Å². The molecule has 0 aliphatic rings. The van der Waals surface area contributed by atoms with Crippen LogP contribution in [0.3, 0.4) is 0 Å². The number of nitrogens with zero attached hydrogens (tertiary/aromatic N) is 1. The second kappa shape index (κ2) is 5.72. The Kier molecular flexibility index (Phi) is 5.68. The fraction of sp³-hybridized carbons (Fsp3) is 1.00. The predicted octanol–water partition coefficient (Wildman–Crippen LogP) is 2.41. The summed E-state index contributed by atoms with van der Waals surface area (Å²) in [5.74, 6) is 0. The van der Waals surface area contributed by atoms with Gasteiger partial charge in [-0.3, -0.25) is 0 Å². The van der Waals surface area contributed by atoms with E-state index in [1.807, 2.05) is 0 Å². The number of hydrogen-bond donors (Lipinski definition) is 1. The van der Waals surface area contributed by atoms with Crippen molar-refractivity contribution in [3.8, 4) is 0 Å². The van der Waals surface area contributed by atoms with Gasteiger partial charge in [0.25, 0.3) is 0 Å². The lowest BCUT2D eigenvalue weighted by Gasteiger charge is -2.41. The normalized spacial score (nSPS) is 13.3. The average Bonchev–Trinajstić information content (AvgIpc) is 2.26. The molecule has 14 heavy (non-hydrogen) atoms. The molecule has 0 bridgehead atoms. The molecule has 0 unspecified atom stereocenters. The zero-order valence-corrected chi connectivity index (χ0v) is 10.6. The lowest BCUT2D eigenvalue weighted by Crippen LogP contribution is -2.56. The number of rotatable bonds is 7. The highest BCUT2D eigenvalue weighted by Crippen LogP contribution is 2.21. The molecule has 0 saturated carbocycles. The maximum atomic E-state index is 10.3. The second-order valence-electron chi connectivity index (χ2n) is 4.38. The molecule has 0 fully saturated rings. The van der Waals surface area contributed by atoms with Crippen LogP contribution in [-0.4, -0.2) is 41.4 Å². The van der Waals surface area contributed by atoms with E-state index >= 15 is 0 Å². The Balaban J connectivity index is 4.56. The van der Waals surface area contributed by atoms with Gasteiger partial charge in [0, 0.05) is 0 Å². The van der Waals surface area contributed by atoms with Gasteiger partial charge < -0.3 is 9.59 Å². The first-order chi connectivity index (χ1) is 6.51. The van der Waals surface area contributed by atoms with Crippen LogP contribution in [0, 0.1) is 0 Å². The molecule has 0 rings (SSSR count). The van der Waals surface area contributed by atoms with Gasteiger partial charge in [0.05, 0.1) is 19.6 Å². The molecule has 0 radical (unpaired) electrons. The van der Waals surface area contributed by atoms with Crippen molar-refractivity contribution in [3.63, 3.8) is 0 Å². The monoisotopic (exact) mass is 202 g/mol. The summed E-state index contributed by atoms with van der Waals surface area (Å²) in [6.07, 6.45) is 1.73. The van der Waals surface area contributed by atoms with E-state index in [9.17, 15) is 5.11 Å². The molecule has 86 valence electrons. The predicted molar refractivity (Wildman–Crippen MR) is 62.3 cm³/mol. The minimum Gasteiger partial charge on any atom is -0.384 e. The topological polar surface area (TPSA) is 20.2 Å². The van der Waals surface area contributed by atoms with Crippen molar-refractivity contribution in [2.45, 2.75) is 53.1 Å². The fourth-order valence-corrected chi connectivity index (χ4v) is 2.10. The van der Waals surface area contributed by atoms with E-state index in [0.29, 0.717) is 0 Å². The molecule has 0 heterocycles. The SMILES string of the molecule is CCC(O)(CC)C[N+](CC)(CC)CC. The molecule has 0 saturated heterocycles. The smallest absolute Gasteiger partial charge is 0.113 e. The van der Waals surface area contributed by atoms with Crippen LogP contribution in [0.4, 0.5) is 0 Å². The number of quaternary nitrogens is 1. The molecular weight excluding hydrogens is 174 g/mol. The van der Waals surface area contributed by atoms with Crippen LogP contribution in [0.25, 0.3) is 0 Å². The molecule has 0 aliphatic heterocycles. The zero-order chi connectivity index (χ0) is 11.2. The Bertz CT molecular complexity index is 140. The Hall–Kier alpha value is -0.0800. The van der Waals surface area contributed by atoms with Gasteiger partial charge in [-0.15, -0.1) is 0 Å². The fourth-order valence-electron chi connectivity index (χ4n) is 2.10. The lowest BCUT2D eigenvalue weighted by atomic mass is 9.95. The first kappa shape index (κ1) is 13.9. The van der Waals surface area contributed by atoms with Crippen molar-refractivity contribution in [3.05, 3.63) is 0 Å². The molecule has 0 aromatic carbocycles. The summed E-state index contributed by atoms with van der Waals surface area (Å²) in [6, 6.07) is 0. The number of aliphatic hydroxyl groups is 1. The standard InChI is InChI=1S/C12H28NO/c1-6-12(14,7-2)11-13(8-3,9-4)10-5/h14H,6-11H2,1-5H3/q+1. The van der Waals surface area contributed by atoms with Crippen LogP contribution in [-0.2, 0) is 0 Å². The van der Waals surface area contributed by atoms with Crippen molar-refractivity contribution < 1.29 is 9.59 Å². The highest BCUT2D eigenvalue weighted by Gasteiger charge is 2.34. The van der Waals surface area contributed by atoms with E-state index in [0.717, 1.165) is 43.5 Å². The van der Waals surface area contributed by atoms with E-state index in [1.54, 1.807) is 0 Å². The van der Waals surface area contributed by atoms with Gasteiger partial charge >= 0.3 is 0 Å². The molecule has 0 amide bonds. The van der Waals surface area contributed by atoms with Crippen LogP contribution < -0.4 is 0 Å². The lowest BCUT2D eigenvalue weighted by molar-refractivity contribution is -0.929. The summed E-state index contributed by atoms with van der Waals surface area (Å²) >= 11 is 0. The highest BCUT2D eigenvalue weighted by molar-refractivity contribution is 4.74. The Morgan fingerprint density at radius 1 is 0.857 bits per heavy atom. The third kappa shape index (κ3) is 3.25. The Morgan fingerprint density at radius 3 is 1.43 bits per heavy atom. The first-order valence-electron chi connectivity index (χ1n) is 6.08. The number of likely N-dealkylation sites (N-methyl/N-ethyl adjacent to an activating group) is 1. The van der Waals surface area contributed by atoms with E-state index in [-0.39, 0.29) is 0 Å². The largest absolute Gasteiger partial charge is 0.384 e. The molecule has 0 spiro atoms. The summed E-state index contributed by atoms with van der Waals surface area (Å²) in [5.41, 5.74) is -0.456. The van der Waals surface area contributed by atoms with E-state index in [4.69, 9.17) is 0 Å². The van der Waals surface area contributed by atoms with E-state index in [2.05, 4.69) is 34.6 Å². The summed E-state index contributed by atoms with van der Waals surface area (Å²) in [7, 11) is 0. The summed E-state index contributed by atoms with van der Waals surface area (Å²) in [4.78, 5) is 0. The van der Waals surface area contributed by atoms with Crippen LogP contribution in [0.1, 0.15) is 47.5 Å². The maximum absolute atomic E-state index is 10.3. The molecule has 0 aromatic heterocycles. The summed E-state index contributed by atoms with van der Waals surface area (Å²) in [6.45, 7) is 15.1. The molecular formula is C12H28NO+.